The molecule has 1 aliphatic carbocycles. The van der Waals surface area contributed by atoms with Gasteiger partial charge in [-0.1, -0.05) is 11.6 Å². The number of nitrogens with two attached hydrogens (primary N) is 1. The second kappa shape index (κ2) is 1.89. The maximum atomic E-state index is 5.82. The highest BCUT2D eigenvalue weighted by Crippen LogP contribution is 2.37. The second-order valence-electron chi connectivity index (χ2n) is 2.57. The molecular weight excluding hydrogens is 150 g/mol. The number of nitrogen functional groups attached to an aromatic ring is 1. The normalized spacial score (nSPS) is 17.7. The molecule has 1 saturated carbocycles. The minimum Gasteiger partial charge on any atom is -0.395 e. The summed E-state index contributed by atoms with van der Waals surface area (Å²) in [6.07, 6.45) is 3.96. The van der Waals surface area contributed by atoms with Crippen LogP contribution in [0.5, 0.6) is 0 Å². The number of hydrogen-bond donors (Lipinski definition) is 1. The summed E-state index contributed by atoms with van der Waals surface area (Å²) < 4.78 is 1.79. The fraction of sp³-hybridized carbons (Fsp3) is 0.500. The smallest absolute Gasteiger partial charge is 0.150 e. The van der Waals surface area contributed by atoms with Gasteiger partial charge in [-0.3, -0.25) is 0 Å². The highest BCUT2D eigenvalue weighted by molar-refractivity contribution is 6.32. The van der Waals surface area contributed by atoms with Crippen LogP contribution in [0, 0.1) is 0 Å². The molecule has 0 saturated heterocycles. The number of nitrogens with zero attached hydrogens (tertiary/aromatic N) is 2. The minimum absolute atomic E-state index is 0.518. The molecule has 1 aliphatic rings. The SMILES string of the molecule is Nc1cnn(C2CC2)c1Cl. The molecule has 0 aliphatic heterocycles. The fourth-order valence-electron chi connectivity index (χ4n) is 0.934. The van der Waals surface area contributed by atoms with Gasteiger partial charge in [-0.05, 0) is 12.8 Å². The quantitative estimate of drug-likeness (QED) is 0.671. The van der Waals surface area contributed by atoms with Gasteiger partial charge in [0, 0.05) is 0 Å². The van der Waals surface area contributed by atoms with Crippen molar-refractivity contribution in [2.75, 3.05) is 5.73 Å². The zero-order valence-corrected chi connectivity index (χ0v) is 6.17. The summed E-state index contributed by atoms with van der Waals surface area (Å²) in [5.74, 6) is 0. The van der Waals surface area contributed by atoms with Crippen molar-refractivity contribution in [3.8, 4) is 0 Å². The molecule has 0 radical (unpaired) electrons. The molecule has 0 aromatic carbocycles. The topological polar surface area (TPSA) is 43.8 Å². The summed E-state index contributed by atoms with van der Waals surface area (Å²) >= 11 is 5.82. The molecule has 2 rings (SSSR count). The molecule has 1 heterocycles. The average Bonchev–Trinajstić information content (AvgIpc) is 2.67. The van der Waals surface area contributed by atoms with Crippen molar-refractivity contribution in [1.29, 1.82) is 0 Å². The Morgan fingerprint density at radius 1 is 1.70 bits per heavy atom. The molecule has 0 amide bonds. The predicted octanol–water partition coefficient (Wildman–Crippen LogP) is 1.45. The van der Waals surface area contributed by atoms with E-state index in [0.717, 1.165) is 0 Å². The third-order valence-electron chi connectivity index (χ3n) is 1.65. The van der Waals surface area contributed by atoms with E-state index >= 15 is 0 Å². The van der Waals surface area contributed by atoms with Crippen LogP contribution in [0.4, 0.5) is 5.69 Å². The zero-order valence-electron chi connectivity index (χ0n) is 5.42. The summed E-state index contributed by atoms with van der Waals surface area (Å²) in [7, 11) is 0. The summed E-state index contributed by atoms with van der Waals surface area (Å²) in [5, 5.41) is 4.62. The first kappa shape index (κ1) is 6.04. The van der Waals surface area contributed by atoms with E-state index in [1.807, 2.05) is 0 Å². The highest BCUT2D eigenvalue weighted by Gasteiger charge is 2.26. The van der Waals surface area contributed by atoms with E-state index in [1.165, 1.54) is 12.8 Å². The summed E-state index contributed by atoms with van der Waals surface area (Å²) in [6.45, 7) is 0. The Hall–Kier alpha value is -0.700. The van der Waals surface area contributed by atoms with Gasteiger partial charge >= 0.3 is 0 Å². The summed E-state index contributed by atoms with van der Waals surface area (Å²) in [6, 6.07) is 0.518. The Bertz CT molecular complexity index is 251. The molecule has 1 fully saturated rings. The first-order valence-electron chi connectivity index (χ1n) is 3.27. The lowest BCUT2D eigenvalue weighted by Gasteiger charge is -1.96. The van der Waals surface area contributed by atoms with Crippen LogP contribution in [-0.2, 0) is 0 Å². The number of aromatic nitrogens is 2. The number of halogens is 1. The molecule has 0 spiro atoms. The van der Waals surface area contributed by atoms with Crippen LogP contribution in [0.3, 0.4) is 0 Å². The van der Waals surface area contributed by atoms with E-state index in [0.29, 0.717) is 16.9 Å². The van der Waals surface area contributed by atoms with Gasteiger partial charge in [-0.25, -0.2) is 4.68 Å². The van der Waals surface area contributed by atoms with Crippen LogP contribution >= 0.6 is 11.6 Å². The maximum Gasteiger partial charge on any atom is 0.150 e. The Kier molecular flexibility index (Phi) is 1.14. The van der Waals surface area contributed by atoms with Gasteiger partial charge in [-0.2, -0.15) is 5.10 Å². The van der Waals surface area contributed by atoms with Gasteiger partial charge in [0.1, 0.15) is 5.15 Å². The van der Waals surface area contributed by atoms with Crippen LogP contribution < -0.4 is 5.73 Å². The molecule has 0 bridgehead atoms. The van der Waals surface area contributed by atoms with Gasteiger partial charge in [-0.15, -0.1) is 0 Å². The Morgan fingerprint density at radius 2 is 2.40 bits per heavy atom. The summed E-state index contributed by atoms with van der Waals surface area (Å²) in [4.78, 5) is 0. The molecule has 10 heavy (non-hydrogen) atoms. The number of rotatable bonds is 1. The molecule has 1 aromatic rings. The molecule has 4 heteroatoms. The molecule has 2 N–H and O–H groups in total. The lowest BCUT2D eigenvalue weighted by molar-refractivity contribution is 0.643. The molecule has 54 valence electrons. The lowest BCUT2D eigenvalue weighted by atomic mass is 10.6. The van der Waals surface area contributed by atoms with Crippen molar-refractivity contribution in [2.45, 2.75) is 18.9 Å². The number of anilines is 1. The fourth-order valence-corrected chi connectivity index (χ4v) is 1.16. The third kappa shape index (κ3) is 0.778. The Labute approximate surface area is 63.8 Å². The van der Waals surface area contributed by atoms with Crippen molar-refractivity contribution in [1.82, 2.24) is 9.78 Å². The molecule has 0 atom stereocenters. The Morgan fingerprint density at radius 3 is 2.80 bits per heavy atom. The summed E-state index contributed by atoms with van der Waals surface area (Å²) in [5.41, 5.74) is 6.07. The van der Waals surface area contributed by atoms with Crippen molar-refractivity contribution in [3.05, 3.63) is 11.3 Å². The molecular formula is C6H8ClN3. The van der Waals surface area contributed by atoms with Crippen LogP contribution in [0.1, 0.15) is 18.9 Å². The van der Waals surface area contributed by atoms with E-state index in [4.69, 9.17) is 17.3 Å². The first-order chi connectivity index (χ1) is 4.79. The van der Waals surface area contributed by atoms with Crippen molar-refractivity contribution in [2.24, 2.45) is 0 Å². The monoisotopic (exact) mass is 157 g/mol. The van der Waals surface area contributed by atoms with Crippen LogP contribution in [0.25, 0.3) is 0 Å². The predicted molar refractivity (Wildman–Crippen MR) is 39.9 cm³/mol. The van der Waals surface area contributed by atoms with E-state index in [2.05, 4.69) is 5.10 Å². The molecule has 3 nitrogen and oxygen atoms in total. The van der Waals surface area contributed by atoms with E-state index in [9.17, 15) is 0 Å². The van der Waals surface area contributed by atoms with Gasteiger partial charge < -0.3 is 5.73 Å². The van der Waals surface area contributed by atoms with Crippen LogP contribution in [0.15, 0.2) is 6.20 Å². The van der Waals surface area contributed by atoms with Gasteiger partial charge in [0.2, 0.25) is 0 Å². The maximum absolute atomic E-state index is 5.82. The van der Waals surface area contributed by atoms with Crippen molar-refractivity contribution in [3.63, 3.8) is 0 Å². The van der Waals surface area contributed by atoms with E-state index < -0.39 is 0 Å². The first-order valence-corrected chi connectivity index (χ1v) is 3.65. The van der Waals surface area contributed by atoms with E-state index in [1.54, 1.807) is 10.9 Å². The van der Waals surface area contributed by atoms with Crippen molar-refractivity contribution >= 4 is 17.3 Å². The number of hydrogen-bond acceptors (Lipinski definition) is 2. The standard InChI is InChI=1S/C6H8ClN3/c7-6-5(8)3-9-10(6)4-1-2-4/h3-4H,1-2,8H2. The molecule has 1 aromatic heterocycles. The van der Waals surface area contributed by atoms with Crippen LogP contribution in [-0.4, -0.2) is 9.78 Å². The minimum atomic E-state index is 0.518. The largest absolute Gasteiger partial charge is 0.395 e. The van der Waals surface area contributed by atoms with Crippen molar-refractivity contribution < 1.29 is 0 Å². The zero-order chi connectivity index (χ0) is 7.14. The average molecular weight is 158 g/mol. The third-order valence-corrected chi connectivity index (χ3v) is 2.04. The van der Waals surface area contributed by atoms with Crippen LogP contribution in [0.2, 0.25) is 5.15 Å². The Balaban J connectivity index is 2.40. The van der Waals surface area contributed by atoms with Gasteiger partial charge in [0.15, 0.2) is 0 Å². The van der Waals surface area contributed by atoms with E-state index in [-0.39, 0.29) is 0 Å². The highest BCUT2D eigenvalue weighted by atomic mass is 35.5. The second-order valence-corrected chi connectivity index (χ2v) is 2.92. The lowest BCUT2D eigenvalue weighted by Crippen LogP contribution is -1.95. The molecule has 0 unspecified atom stereocenters. The van der Waals surface area contributed by atoms with Gasteiger partial charge in [0.05, 0.1) is 17.9 Å². The van der Waals surface area contributed by atoms with Gasteiger partial charge in [0.25, 0.3) is 0 Å².